The average Bonchev–Trinajstić information content (AvgIpc) is 3.14. The van der Waals surface area contributed by atoms with Crippen molar-refractivity contribution in [2.45, 2.75) is 0 Å². The van der Waals surface area contributed by atoms with Gasteiger partial charge in [0.1, 0.15) is 11.5 Å². The molecule has 0 aliphatic carbocycles. The first-order valence-corrected chi connectivity index (χ1v) is 10.9. The van der Waals surface area contributed by atoms with Crippen molar-refractivity contribution >= 4 is 45.8 Å². The highest BCUT2D eigenvalue weighted by atomic mass is 32.2. The fourth-order valence-electron chi connectivity index (χ4n) is 3.09. The molecule has 0 aromatic heterocycles. The molecular formula is C25H21N3O4S. The van der Waals surface area contributed by atoms with Crippen LogP contribution >= 0.6 is 11.8 Å². The summed E-state index contributed by atoms with van der Waals surface area (Å²) in [5.74, 6) is 0.655. The summed E-state index contributed by atoms with van der Waals surface area (Å²) < 4.78 is 10.4. The SMILES string of the molecule is COc1ccc(N=C2SC(=CC(=O)Nc3ccccc3)C(=O)N2c2ccc(OC)cc2)cc1. The zero-order valence-electron chi connectivity index (χ0n) is 18.0. The molecule has 1 saturated heterocycles. The molecule has 4 rings (SSSR count). The van der Waals surface area contributed by atoms with Gasteiger partial charge in [0.2, 0.25) is 5.91 Å². The topological polar surface area (TPSA) is 80.2 Å². The fourth-order valence-corrected chi connectivity index (χ4v) is 4.07. The number of benzene rings is 3. The zero-order chi connectivity index (χ0) is 23.2. The van der Waals surface area contributed by atoms with E-state index in [1.807, 2.05) is 18.2 Å². The van der Waals surface area contributed by atoms with E-state index in [0.29, 0.717) is 33.7 Å². The monoisotopic (exact) mass is 459 g/mol. The van der Waals surface area contributed by atoms with Gasteiger partial charge in [-0.1, -0.05) is 18.2 Å². The molecule has 0 saturated carbocycles. The van der Waals surface area contributed by atoms with E-state index in [9.17, 15) is 9.59 Å². The molecule has 8 heteroatoms. The van der Waals surface area contributed by atoms with Gasteiger partial charge in [0.15, 0.2) is 5.17 Å². The van der Waals surface area contributed by atoms with Gasteiger partial charge in [0.05, 0.1) is 30.5 Å². The van der Waals surface area contributed by atoms with Crippen LogP contribution in [0.1, 0.15) is 0 Å². The Balaban J connectivity index is 1.66. The third-order valence-corrected chi connectivity index (χ3v) is 5.71. The number of aliphatic imine (C=N–C) groups is 1. The third kappa shape index (κ3) is 5.24. The Kier molecular flexibility index (Phi) is 6.75. The molecule has 166 valence electrons. The largest absolute Gasteiger partial charge is 0.497 e. The number of rotatable bonds is 6. The van der Waals surface area contributed by atoms with Gasteiger partial charge in [-0.25, -0.2) is 4.99 Å². The summed E-state index contributed by atoms with van der Waals surface area (Å²) in [6, 6.07) is 23.3. The number of nitrogens with zero attached hydrogens (tertiary/aromatic N) is 2. The van der Waals surface area contributed by atoms with Crippen molar-refractivity contribution in [2.75, 3.05) is 24.4 Å². The number of para-hydroxylation sites is 1. The number of carbonyl (C=O) groups is 2. The average molecular weight is 460 g/mol. The standard InChI is InChI=1S/C25H21N3O4S/c1-31-20-12-8-18(9-13-20)27-25-28(19-10-14-21(32-2)15-11-19)24(30)22(33-25)16-23(29)26-17-6-4-3-5-7-17/h3-16H,1-2H3,(H,26,29). The van der Waals surface area contributed by atoms with Gasteiger partial charge in [-0.05, 0) is 72.4 Å². The van der Waals surface area contributed by atoms with Crippen LogP contribution in [0.25, 0.3) is 0 Å². The predicted molar refractivity (Wildman–Crippen MR) is 131 cm³/mol. The van der Waals surface area contributed by atoms with E-state index in [1.54, 1.807) is 74.9 Å². The molecule has 1 aliphatic heterocycles. The van der Waals surface area contributed by atoms with E-state index in [1.165, 1.54) is 11.0 Å². The molecule has 0 atom stereocenters. The molecule has 1 aliphatic rings. The van der Waals surface area contributed by atoms with E-state index < -0.39 is 5.91 Å². The first-order valence-electron chi connectivity index (χ1n) is 10.0. The lowest BCUT2D eigenvalue weighted by Crippen LogP contribution is -2.28. The molecule has 0 spiro atoms. The lowest BCUT2D eigenvalue weighted by Gasteiger charge is -2.16. The predicted octanol–water partition coefficient (Wildman–Crippen LogP) is 4.99. The molecular weight excluding hydrogens is 438 g/mol. The number of amidine groups is 1. The number of anilines is 2. The van der Waals surface area contributed by atoms with Crippen LogP contribution in [0.3, 0.4) is 0 Å². The van der Waals surface area contributed by atoms with E-state index >= 15 is 0 Å². The fraction of sp³-hybridized carbons (Fsp3) is 0.0800. The number of carbonyl (C=O) groups excluding carboxylic acids is 2. The molecule has 1 N–H and O–H groups in total. The number of thioether (sulfide) groups is 1. The summed E-state index contributed by atoms with van der Waals surface area (Å²) in [6.07, 6.45) is 1.30. The van der Waals surface area contributed by atoms with Gasteiger partial charge in [0.25, 0.3) is 5.91 Å². The van der Waals surface area contributed by atoms with Gasteiger partial charge >= 0.3 is 0 Å². The molecule has 1 fully saturated rings. The highest BCUT2D eigenvalue weighted by Gasteiger charge is 2.35. The van der Waals surface area contributed by atoms with Crippen LogP contribution in [-0.4, -0.2) is 31.2 Å². The van der Waals surface area contributed by atoms with Crippen molar-refractivity contribution in [3.05, 3.63) is 89.8 Å². The van der Waals surface area contributed by atoms with Gasteiger partial charge in [-0.3, -0.25) is 14.5 Å². The van der Waals surface area contributed by atoms with Gasteiger partial charge in [-0.15, -0.1) is 0 Å². The number of ether oxygens (including phenoxy) is 2. The molecule has 0 unspecified atom stereocenters. The van der Waals surface area contributed by atoms with Crippen molar-refractivity contribution < 1.29 is 19.1 Å². The van der Waals surface area contributed by atoms with Crippen molar-refractivity contribution in [3.63, 3.8) is 0 Å². The minimum Gasteiger partial charge on any atom is -0.497 e. The summed E-state index contributed by atoms with van der Waals surface area (Å²) in [4.78, 5) is 32.2. The summed E-state index contributed by atoms with van der Waals surface area (Å²) in [5, 5.41) is 3.21. The minimum atomic E-state index is -0.391. The second kappa shape index (κ2) is 10.1. The second-order valence-corrected chi connectivity index (χ2v) is 7.91. The number of amides is 2. The highest BCUT2D eigenvalue weighted by Crippen LogP contribution is 2.37. The van der Waals surface area contributed by atoms with Crippen LogP contribution in [0.2, 0.25) is 0 Å². The Bertz CT molecular complexity index is 1210. The Hall–Kier alpha value is -4.04. The van der Waals surface area contributed by atoms with Crippen LogP contribution in [0.5, 0.6) is 11.5 Å². The normalized spacial score (nSPS) is 15.7. The van der Waals surface area contributed by atoms with Gasteiger partial charge in [0, 0.05) is 11.8 Å². The van der Waals surface area contributed by atoms with Crippen LogP contribution in [-0.2, 0) is 9.59 Å². The smallest absolute Gasteiger partial charge is 0.271 e. The van der Waals surface area contributed by atoms with Crippen LogP contribution < -0.4 is 19.7 Å². The van der Waals surface area contributed by atoms with Gasteiger partial charge < -0.3 is 14.8 Å². The van der Waals surface area contributed by atoms with Crippen LogP contribution in [0.15, 0.2) is 94.8 Å². The van der Waals surface area contributed by atoms with E-state index in [0.717, 1.165) is 11.8 Å². The molecule has 0 radical (unpaired) electrons. The zero-order valence-corrected chi connectivity index (χ0v) is 18.8. The maximum Gasteiger partial charge on any atom is 0.271 e. The third-order valence-electron chi connectivity index (χ3n) is 4.74. The molecule has 3 aromatic carbocycles. The molecule has 1 heterocycles. The second-order valence-electron chi connectivity index (χ2n) is 6.90. The molecule has 0 bridgehead atoms. The number of hydrogen-bond donors (Lipinski definition) is 1. The lowest BCUT2D eigenvalue weighted by atomic mass is 10.2. The molecule has 2 amide bonds. The van der Waals surface area contributed by atoms with E-state index in [-0.39, 0.29) is 10.8 Å². The Morgan fingerprint density at radius 1 is 0.909 bits per heavy atom. The molecule has 3 aromatic rings. The first-order chi connectivity index (χ1) is 16.1. The Morgan fingerprint density at radius 3 is 2.12 bits per heavy atom. The summed E-state index contributed by atoms with van der Waals surface area (Å²) in [5.41, 5.74) is 1.92. The van der Waals surface area contributed by atoms with Crippen LogP contribution in [0, 0.1) is 0 Å². The number of methoxy groups -OCH3 is 2. The first kappa shape index (κ1) is 22.2. The van der Waals surface area contributed by atoms with Gasteiger partial charge in [-0.2, -0.15) is 0 Å². The van der Waals surface area contributed by atoms with Crippen molar-refractivity contribution in [1.29, 1.82) is 0 Å². The van der Waals surface area contributed by atoms with E-state index in [4.69, 9.17) is 9.47 Å². The molecule has 7 nitrogen and oxygen atoms in total. The summed E-state index contributed by atoms with van der Waals surface area (Å²) >= 11 is 1.14. The van der Waals surface area contributed by atoms with E-state index in [2.05, 4.69) is 10.3 Å². The van der Waals surface area contributed by atoms with Crippen LogP contribution in [0.4, 0.5) is 17.1 Å². The lowest BCUT2D eigenvalue weighted by molar-refractivity contribution is -0.115. The van der Waals surface area contributed by atoms with Crippen molar-refractivity contribution in [2.24, 2.45) is 4.99 Å². The van der Waals surface area contributed by atoms with Crippen molar-refractivity contribution in [3.8, 4) is 11.5 Å². The summed E-state index contributed by atoms with van der Waals surface area (Å²) in [6.45, 7) is 0. The Labute approximate surface area is 195 Å². The molecule has 33 heavy (non-hydrogen) atoms. The number of nitrogens with one attached hydrogen (secondary N) is 1. The quantitative estimate of drug-likeness (QED) is 0.525. The number of hydrogen-bond acceptors (Lipinski definition) is 6. The summed E-state index contributed by atoms with van der Waals surface area (Å²) in [7, 11) is 3.17. The highest BCUT2D eigenvalue weighted by molar-refractivity contribution is 8.19. The maximum absolute atomic E-state index is 13.3. The van der Waals surface area contributed by atoms with Crippen molar-refractivity contribution in [1.82, 2.24) is 0 Å². The minimum absolute atomic E-state index is 0.270. The maximum atomic E-state index is 13.3. The Morgan fingerprint density at radius 2 is 1.52 bits per heavy atom.